The standard InChI is InChI=1S/C18H23F2N3O3S/c1-2-21-10-12-26-13-11-22-16-8-3-4-9-17(16)23(27(22,24)25)18-14(19)6-5-7-15(18)20/h3-9,21,24-25H,2,10-13H2,1H3. The van der Waals surface area contributed by atoms with Crippen molar-refractivity contribution in [2.45, 2.75) is 6.92 Å². The first-order valence-corrected chi connectivity index (χ1v) is 10.1. The molecule has 0 bridgehead atoms. The summed E-state index contributed by atoms with van der Waals surface area (Å²) in [5, 5.41) is 3.13. The molecule has 0 radical (unpaired) electrons. The number of halogens is 2. The van der Waals surface area contributed by atoms with E-state index in [1.165, 1.54) is 10.4 Å². The highest BCUT2D eigenvalue weighted by Gasteiger charge is 2.43. The fraction of sp³-hybridized carbons (Fsp3) is 0.333. The van der Waals surface area contributed by atoms with Crippen molar-refractivity contribution in [1.29, 1.82) is 0 Å². The molecule has 3 N–H and O–H groups in total. The number of likely N-dealkylation sites (N-methyl/N-ethyl adjacent to an activating group) is 1. The van der Waals surface area contributed by atoms with Gasteiger partial charge in [-0.3, -0.25) is 9.11 Å². The molecule has 1 heterocycles. The van der Waals surface area contributed by atoms with Crippen molar-refractivity contribution in [3.63, 3.8) is 0 Å². The third-order valence-electron chi connectivity index (χ3n) is 4.16. The number of hydrogen-bond acceptors (Lipinski definition) is 6. The predicted molar refractivity (Wildman–Crippen MR) is 104 cm³/mol. The lowest BCUT2D eigenvalue weighted by Gasteiger charge is -2.43. The molecule has 148 valence electrons. The topological polar surface area (TPSA) is 68.2 Å². The minimum Gasteiger partial charge on any atom is -0.378 e. The molecular weight excluding hydrogens is 376 g/mol. The van der Waals surface area contributed by atoms with Crippen molar-refractivity contribution in [2.75, 3.05) is 41.5 Å². The Morgan fingerprint density at radius 2 is 1.67 bits per heavy atom. The largest absolute Gasteiger partial charge is 0.378 e. The molecular formula is C18H23F2N3O3S. The second-order valence-corrected chi connectivity index (χ2v) is 7.70. The maximum atomic E-state index is 14.4. The first-order valence-electron chi connectivity index (χ1n) is 8.66. The van der Waals surface area contributed by atoms with Crippen molar-refractivity contribution in [3.8, 4) is 0 Å². The smallest absolute Gasteiger partial charge is 0.151 e. The van der Waals surface area contributed by atoms with E-state index < -0.39 is 28.3 Å². The van der Waals surface area contributed by atoms with Crippen LogP contribution in [0.3, 0.4) is 0 Å². The van der Waals surface area contributed by atoms with E-state index in [1.54, 1.807) is 24.3 Å². The van der Waals surface area contributed by atoms with E-state index in [1.807, 2.05) is 6.92 Å². The van der Waals surface area contributed by atoms with Gasteiger partial charge in [0.2, 0.25) is 0 Å². The molecule has 0 fully saturated rings. The van der Waals surface area contributed by atoms with Crippen molar-refractivity contribution < 1.29 is 22.6 Å². The van der Waals surface area contributed by atoms with E-state index >= 15 is 0 Å². The lowest BCUT2D eigenvalue weighted by atomic mass is 10.2. The van der Waals surface area contributed by atoms with E-state index in [2.05, 4.69) is 5.32 Å². The van der Waals surface area contributed by atoms with Crippen LogP contribution < -0.4 is 13.9 Å². The van der Waals surface area contributed by atoms with Gasteiger partial charge >= 0.3 is 0 Å². The summed E-state index contributed by atoms with van der Waals surface area (Å²) in [6, 6.07) is 10.1. The Hall–Kier alpha value is -1.91. The van der Waals surface area contributed by atoms with Crippen LogP contribution in [0.5, 0.6) is 0 Å². The van der Waals surface area contributed by atoms with Gasteiger partial charge in [-0.25, -0.2) is 17.4 Å². The van der Waals surface area contributed by atoms with Gasteiger partial charge in [-0.05, 0) is 41.8 Å². The zero-order valence-corrected chi connectivity index (χ0v) is 15.8. The normalized spacial score (nSPS) is 16.5. The molecule has 6 nitrogen and oxygen atoms in total. The van der Waals surface area contributed by atoms with Crippen LogP contribution in [0.15, 0.2) is 42.5 Å². The quantitative estimate of drug-likeness (QED) is 0.580. The lowest BCUT2D eigenvalue weighted by Crippen LogP contribution is -2.34. The van der Waals surface area contributed by atoms with Crippen molar-refractivity contribution in [3.05, 3.63) is 54.1 Å². The first-order chi connectivity index (χ1) is 13.0. The molecule has 0 saturated carbocycles. The molecule has 27 heavy (non-hydrogen) atoms. The second-order valence-electron chi connectivity index (χ2n) is 5.91. The van der Waals surface area contributed by atoms with Gasteiger partial charge in [0.15, 0.2) is 11.6 Å². The Kier molecular flexibility index (Phi) is 6.18. The Balaban J connectivity index is 1.87. The van der Waals surface area contributed by atoms with Crippen LogP contribution in [0.2, 0.25) is 0 Å². The van der Waals surface area contributed by atoms with Gasteiger partial charge in [-0.2, -0.15) is 0 Å². The summed E-state index contributed by atoms with van der Waals surface area (Å²) in [6.07, 6.45) is 0. The van der Waals surface area contributed by atoms with Crippen LogP contribution in [0.25, 0.3) is 0 Å². The van der Waals surface area contributed by atoms with E-state index in [0.29, 0.717) is 24.5 Å². The van der Waals surface area contributed by atoms with E-state index in [4.69, 9.17) is 4.74 Å². The van der Waals surface area contributed by atoms with Crippen LogP contribution >= 0.6 is 11.0 Å². The minimum absolute atomic E-state index is 0.165. The molecule has 0 unspecified atom stereocenters. The van der Waals surface area contributed by atoms with Gasteiger partial charge in [-0.15, -0.1) is 0 Å². The molecule has 0 spiro atoms. The van der Waals surface area contributed by atoms with Crippen molar-refractivity contribution in [1.82, 2.24) is 5.32 Å². The average molecular weight is 399 g/mol. The van der Waals surface area contributed by atoms with Gasteiger partial charge in [0.1, 0.15) is 5.69 Å². The van der Waals surface area contributed by atoms with E-state index in [0.717, 1.165) is 23.0 Å². The highest BCUT2D eigenvalue weighted by molar-refractivity contribution is 8.27. The molecule has 1 aliphatic rings. The monoisotopic (exact) mass is 399 g/mol. The van der Waals surface area contributed by atoms with E-state index in [9.17, 15) is 17.9 Å². The highest BCUT2D eigenvalue weighted by Crippen LogP contribution is 2.64. The number of rotatable bonds is 8. The van der Waals surface area contributed by atoms with Crippen LogP contribution in [0.1, 0.15) is 6.92 Å². The molecule has 0 aliphatic carbocycles. The number of nitrogens with zero attached hydrogens (tertiary/aromatic N) is 2. The maximum Gasteiger partial charge on any atom is 0.151 e. The number of anilines is 3. The third-order valence-corrected chi connectivity index (χ3v) is 6.00. The lowest BCUT2D eigenvalue weighted by molar-refractivity contribution is 0.144. The number of ether oxygens (including phenoxy) is 1. The van der Waals surface area contributed by atoms with Crippen LogP contribution in [-0.2, 0) is 4.74 Å². The molecule has 2 aromatic carbocycles. The van der Waals surface area contributed by atoms with Crippen molar-refractivity contribution >= 4 is 28.0 Å². The van der Waals surface area contributed by atoms with Crippen molar-refractivity contribution in [2.24, 2.45) is 0 Å². The van der Waals surface area contributed by atoms with Gasteiger partial charge in [-0.1, -0.05) is 25.1 Å². The predicted octanol–water partition coefficient (Wildman–Crippen LogP) is 4.13. The summed E-state index contributed by atoms with van der Waals surface area (Å²) in [4.78, 5) is 0. The molecule has 9 heteroatoms. The summed E-state index contributed by atoms with van der Waals surface area (Å²) in [6.45, 7) is 4.41. The maximum absolute atomic E-state index is 14.4. The highest BCUT2D eigenvalue weighted by atomic mass is 32.3. The molecule has 1 aliphatic heterocycles. The zero-order chi connectivity index (χ0) is 19.4. The van der Waals surface area contributed by atoms with Gasteiger partial charge in [0.25, 0.3) is 0 Å². The molecule has 0 saturated heterocycles. The van der Waals surface area contributed by atoms with E-state index in [-0.39, 0.29) is 13.2 Å². The Morgan fingerprint density at radius 3 is 2.33 bits per heavy atom. The summed E-state index contributed by atoms with van der Waals surface area (Å²) in [5.74, 6) is -1.73. The number of fused-ring (bicyclic) bond motifs is 1. The Labute approximate surface area is 159 Å². The molecule has 0 amide bonds. The SMILES string of the molecule is CCNCCOCCN1c2ccccc2N(c2c(F)cccc2F)S1(O)O. The number of hydrogen-bond donors (Lipinski definition) is 3. The Morgan fingerprint density at radius 1 is 1.00 bits per heavy atom. The van der Waals surface area contributed by atoms with Gasteiger partial charge < -0.3 is 10.1 Å². The number of para-hydroxylation sites is 3. The van der Waals surface area contributed by atoms with Gasteiger partial charge in [0.05, 0.1) is 31.1 Å². The summed E-state index contributed by atoms with van der Waals surface area (Å²) in [7, 11) is -3.69. The minimum atomic E-state index is -3.69. The molecule has 0 aromatic heterocycles. The fourth-order valence-corrected chi connectivity index (χ4v) is 4.72. The second kappa shape index (κ2) is 8.41. The summed E-state index contributed by atoms with van der Waals surface area (Å²) >= 11 is 0. The van der Waals surface area contributed by atoms with Crippen LogP contribution in [-0.4, -0.2) is 42.0 Å². The third kappa shape index (κ3) is 3.87. The molecule has 0 atom stereocenters. The first kappa shape index (κ1) is 19.8. The average Bonchev–Trinajstić information content (AvgIpc) is 2.85. The summed E-state index contributed by atoms with van der Waals surface area (Å²) in [5.41, 5.74) is 0.324. The molecule has 2 aromatic rings. The number of nitrogens with one attached hydrogen (secondary N) is 1. The Bertz CT molecular complexity index is 774. The van der Waals surface area contributed by atoms with Crippen LogP contribution in [0.4, 0.5) is 25.8 Å². The van der Waals surface area contributed by atoms with Crippen LogP contribution in [0, 0.1) is 11.6 Å². The summed E-state index contributed by atoms with van der Waals surface area (Å²) < 4.78 is 58.2. The fourth-order valence-electron chi connectivity index (χ4n) is 2.95. The molecule has 3 rings (SSSR count). The number of benzene rings is 2. The van der Waals surface area contributed by atoms with Gasteiger partial charge in [0, 0.05) is 6.54 Å². The zero-order valence-electron chi connectivity index (χ0n) is 14.9.